The van der Waals surface area contributed by atoms with Gasteiger partial charge >= 0.3 is 22.4 Å². The molecule has 2 amide bonds. The van der Waals surface area contributed by atoms with Crippen LogP contribution in [-0.4, -0.2) is 50.2 Å². The summed E-state index contributed by atoms with van der Waals surface area (Å²) in [6.45, 7) is -0.106. The molecule has 1 saturated heterocycles. The molecule has 1 aromatic rings. The Labute approximate surface area is 127 Å². The molecule has 22 heavy (non-hydrogen) atoms. The van der Waals surface area contributed by atoms with E-state index in [1.165, 1.54) is 13.1 Å². The van der Waals surface area contributed by atoms with Gasteiger partial charge in [-0.3, -0.25) is 4.31 Å². The Morgan fingerprint density at radius 2 is 2.14 bits per heavy atom. The molecule has 2 N–H and O–H groups in total. The second-order valence-electron chi connectivity index (χ2n) is 4.45. The van der Waals surface area contributed by atoms with Crippen LogP contribution in [0.4, 0.5) is 15.3 Å². The first-order valence-corrected chi connectivity index (χ1v) is 7.72. The van der Waals surface area contributed by atoms with E-state index in [9.17, 15) is 18.0 Å². The van der Waals surface area contributed by atoms with Crippen molar-refractivity contribution in [2.75, 3.05) is 24.5 Å². The molecule has 120 valence electrons. The monoisotopic (exact) mass is 329 g/mol. The maximum absolute atomic E-state index is 12.4. The molecule has 0 saturated carbocycles. The number of hydrogen-bond acceptors (Lipinski definition) is 5. The summed E-state index contributed by atoms with van der Waals surface area (Å²) in [6, 6.07) is 6.40. The SMILES string of the molecule is CN(c1ccccc1CNC(=O)O)S(=O)(=O)N1CCOC1=O. The predicted octanol–water partition coefficient (Wildman–Crippen LogP) is 0.587. The summed E-state index contributed by atoms with van der Waals surface area (Å²) in [5.41, 5.74) is 0.736. The summed E-state index contributed by atoms with van der Waals surface area (Å²) in [6.07, 6.45) is -2.14. The summed E-state index contributed by atoms with van der Waals surface area (Å²) >= 11 is 0. The zero-order chi connectivity index (χ0) is 16.3. The Balaban J connectivity index is 2.30. The number of para-hydroxylation sites is 1. The Morgan fingerprint density at radius 1 is 1.45 bits per heavy atom. The van der Waals surface area contributed by atoms with E-state index in [0.29, 0.717) is 9.87 Å². The number of nitrogens with one attached hydrogen (secondary N) is 1. The maximum atomic E-state index is 12.4. The highest BCUT2D eigenvalue weighted by Crippen LogP contribution is 2.24. The van der Waals surface area contributed by atoms with E-state index >= 15 is 0 Å². The third-order valence-corrected chi connectivity index (χ3v) is 4.89. The number of carboxylic acid groups (broad SMARTS) is 1. The molecule has 9 nitrogen and oxygen atoms in total. The fraction of sp³-hybridized carbons (Fsp3) is 0.333. The van der Waals surface area contributed by atoms with Gasteiger partial charge in [-0.1, -0.05) is 18.2 Å². The van der Waals surface area contributed by atoms with Crippen molar-refractivity contribution in [3.63, 3.8) is 0 Å². The molecule has 10 heteroatoms. The van der Waals surface area contributed by atoms with Crippen LogP contribution in [0.3, 0.4) is 0 Å². The van der Waals surface area contributed by atoms with Crippen LogP contribution in [0.1, 0.15) is 5.56 Å². The van der Waals surface area contributed by atoms with Crippen molar-refractivity contribution in [2.45, 2.75) is 6.54 Å². The zero-order valence-electron chi connectivity index (χ0n) is 11.7. The normalized spacial score (nSPS) is 14.6. The number of cyclic esters (lactones) is 1. The summed E-state index contributed by atoms with van der Waals surface area (Å²) in [5.74, 6) is 0. The number of carbonyl (C=O) groups is 2. The van der Waals surface area contributed by atoms with E-state index in [4.69, 9.17) is 5.11 Å². The lowest BCUT2D eigenvalue weighted by molar-refractivity contribution is 0.170. The van der Waals surface area contributed by atoms with Gasteiger partial charge in [0.2, 0.25) is 0 Å². The minimum atomic E-state index is -4.09. The largest absolute Gasteiger partial charge is 0.465 e. The van der Waals surface area contributed by atoms with Crippen LogP contribution < -0.4 is 9.62 Å². The quantitative estimate of drug-likeness (QED) is 0.816. The van der Waals surface area contributed by atoms with Gasteiger partial charge in [0.15, 0.2) is 0 Å². The third-order valence-electron chi connectivity index (χ3n) is 3.11. The number of anilines is 1. The summed E-state index contributed by atoms with van der Waals surface area (Å²) in [7, 11) is -2.79. The number of amides is 2. The maximum Gasteiger partial charge on any atom is 0.425 e. The first-order chi connectivity index (χ1) is 10.3. The van der Waals surface area contributed by atoms with Crippen LogP contribution in [0.25, 0.3) is 0 Å². The van der Waals surface area contributed by atoms with Crippen molar-refractivity contribution < 1.29 is 27.9 Å². The van der Waals surface area contributed by atoms with Crippen LogP contribution in [0, 0.1) is 0 Å². The van der Waals surface area contributed by atoms with E-state index in [0.717, 1.165) is 4.31 Å². The van der Waals surface area contributed by atoms with Gasteiger partial charge in [0.25, 0.3) is 0 Å². The summed E-state index contributed by atoms with van der Waals surface area (Å²) in [4.78, 5) is 22.1. The molecule has 0 aromatic heterocycles. The van der Waals surface area contributed by atoms with Crippen LogP contribution >= 0.6 is 0 Å². The number of carbonyl (C=O) groups excluding carboxylic acids is 1. The number of rotatable bonds is 5. The number of nitrogens with zero attached hydrogens (tertiary/aromatic N) is 2. The van der Waals surface area contributed by atoms with Crippen molar-refractivity contribution in [2.24, 2.45) is 0 Å². The van der Waals surface area contributed by atoms with Crippen molar-refractivity contribution in [3.8, 4) is 0 Å². The molecule has 1 heterocycles. The minimum absolute atomic E-state index is 0.00806. The fourth-order valence-corrected chi connectivity index (χ4v) is 3.27. The lowest BCUT2D eigenvalue weighted by Crippen LogP contribution is -2.43. The topological polar surface area (TPSA) is 116 Å². The van der Waals surface area contributed by atoms with Crippen LogP contribution in [-0.2, 0) is 21.5 Å². The van der Waals surface area contributed by atoms with Crippen LogP contribution in [0.5, 0.6) is 0 Å². The van der Waals surface area contributed by atoms with E-state index in [1.807, 2.05) is 0 Å². The average Bonchev–Trinajstić information content (AvgIpc) is 2.91. The van der Waals surface area contributed by atoms with Gasteiger partial charge in [-0.25, -0.2) is 9.59 Å². The van der Waals surface area contributed by atoms with E-state index in [1.54, 1.807) is 18.2 Å². The van der Waals surface area contributed by atoms with Gasteiger partial charge in [0.1, 0.15) is 6.61 Å². The van der Waals surface area contributed by atoms with Gasteiger partial charge in [-0.2, -0.15) is 12.7 Å². The Kier molecular flexibility index (Phi) is 4.40. The van der Waals surface area contributed by atoms with Crippen molar-refractivity contribution in [1.29, 1.82) is 0 Å². The van der Waals surface area contributed by atoms with Gasteiger partial charge < -0.3 is 15.2 Å². The Bertz CT molecular complexity index is 690. The van der Waals surface area contributed by atoms with Crippen LogP contribution in [0.2, 0.25) is 0 Å². The summed E-state index contributed by atoms with van der Waals surface area (Å²) in [5, 5.41) is 10.8. The standard InChI is InChI=1S/C12H15N3O6S/c1-14(22(19,20)15-6-7-21-12(15)18)10-5-3-2-4-9(10)8-13-11(16)17/h2-5,13H,6-8H2,1H3,(H,16,17). The molecular weight excluding hydrogens is 314 g/mol. The van der Waals surface area contributed by atoms with E-state index in [2.05, 4.69) is 10.1 Å². The Morgan fingerprint density at radius 3 is 2.73 bits per heavy atom. The smallest absolute Gasteiger partial charge is 0.425 e. The molecule has 1 fully saturated rings. The molecule has 1 aromatic carbocycles. The first kappa shape index (κ1) is 15.9. The lowest BCUT2D eigenvalue weighted by Gasteiger charge is -2.25. The lowest BCUT2D eigenvalue weighted by atomic mass is 10.2. The zero-order valence-corrected chi connectivity index (χ0v) is 12.5. The molecule has 0 spiro atoms. The van der Waals surface area contributed by atoms with Gasteiger partial charge in [0, 0.05) is 13.6 Å². The highest BCUT2D eigenvalue weighted by molar-refractivity contribution is 7.91. The fourth-order valence-electron chi connectivity index (χ4n) is 2.00. The molecule has 0 unspecified atom stereocenters. The number of benzene rings is 1. The van der Waals surface area contributed by atoms with Crippen molar-refractivity contribution >= 4 is 28.1 Å². The molecule has 2 rings (SSSR count). The summed E-state index contributed by atoms with van der Waals surface area (Å²) < 4.78 is 31.1. The van der Waals surface area contributed by atoms with Crippen molar-refractivity contribution in [1.82, 2.24) is 9.62 Å². The van der Waals surface area contributed by atoms with Crippen molar-refractivity contribution in [3.05, 3.63) is 29.8 Å². The molecule has 1 aliphatic heterocycles. The highest BCUT2D eigenvalue weighted by Gasteiger charge is 2.37. The molecule has 1 aliphatic rings. The minimum Gasteiger partial charge on any atom is -0.465 e. The van der Waals surface area contributed by atoms with Gasteiger partial charge in [-0.05, 0) is 11.6 Å². The number of ether oxygens (including phenoxy) is 1. The number of hydrogen-bond donors (Lipinski definition) is 2. The third kappa shape index (κ3) is 3.06. The Hall–Kier alpha value is -2.49. The van der Waals surface area contributed by atoms with E-state index in [-0.39, 0.29) is 25.4 Å². The predicted molar refractivity (Wildman–Crippen MR) is 76.7 cm³/mol. The first-order valence-electron chi connectivity index (χ1n) is 6.32. The van der Waals surface area contributed by atoms with Crippen LogP contribution in [0.15, 0.2) is 24.3 Å². The molecule has 0 radical (unpaired) electrons. The highest BCUT2D eigenvalue weighted by atomic mass is 32.2. The average molecular weight is 329 g/mol. The second-order valence-corrected chi connectivity index (χ2v) is 6.33. The molecular formula is C12H15N3O6S. The molecule has 0 atom stereocenters. The van der Waals surface area contributed by atoms with Gasteiger partial charge in [-0.15, -0.1) is 0 Å². The second kappa shape index (κ2) is 6.10. The molecule has 0 bridgehead atoms. The van der Waals surface area contributed by atoms with Gasteiger partial charge in [0.05, 0.1) is 12.2 Å². The van der Waals surface area contributed by atoms with E-state index < -0.39 is 22.4 Å². The molecule has 0 aliphatic carbocycles.